The second kappa shape index (κ2) is 7.61. The lowest BCUT2D eigenvalue weighted by Gasteiger charge is -2.35. The third-order valence-electron chi connectivity index (χ3n) is 3.55. The van der Waals surface area contributed by atoms with Gasteiger partial charge in [-0.3, -0.25) is 4.90 Å². The first-order chi connectivity index (χ1) is 9.23. The van der Waals surface area contributed by atoms with Gasteiger partial charge in [-0.05, 0) is 38.9 Å². The standard InChI is InChI=1S/C12H23F3N2O2S/c1-2-20(18,19)9-3-8-17(10-12(13,14)15)11-4-6-16-7-5-11/h11,16H,2-10H2,1H3. The van der Waals surface area contributed by atoms with Crippen molar-refractivity contribution in [3.05, 3.63) is 0 Å². The maximum atomic E-state index is 12.6. The van der Waals surface area contributed by atoms with Gasteiger partial charge in [0.05, 0.1) is 12.3 Å². The largest absolute Gasteiger partial charge is 0.401 e. The van der Waals surface area contributed by atoms with Crippen molar-refractivity contribution in [2.45, 2.75) is 38.4 Å². The summed E-state index contributed by atoms with van der Waals surface area (Å²) in [5, 5.41) is 3.12. The smallest absolute Gasteiger partial charge is 0.317 e. The third-order valence-corrected chi connectivity index (χ3v) is 5.34. The first-order valence-electron chi connectivity index (χ1n) is 6.95. The van der Waals surface area contributed by atoms with Crippen LogP contribution in [0.5, 0.6) is 0 Å². The summed E-state index contributed by atoms with van der Waals surface area (Å²) in [5.74, 6) is 0.00243. The number of sulfone groups is 1. The molecule has 0 unspecified atom stereocenters. The molecule has 0 aromatic rings. The van der Waals surface area contributed by atoms with E-state index in [0.29, 0.717) is 25.9 Å². The van der Waals surface area contributed by atoms with E-state index in [1.807, 2.05) is 0 Å². The zero-order chi connectivity index (χ0) is 15.2. The fourth-order valence-electron chi connectivity index (χ4n) is 2.42. The zero-order valence-corrected chi connectivity index (χ0v) is 12.6. The summed E-state index contributed by atoms with van der Waals surface area (Å²) in [6.45, 7) is 2.21. The van der Waals surface area contributed by atoms with Crippen LogP contribution in [0.15, 0.2) is 0 Å². The van der Waals surface area contributed by atoms with E-state index in [9.17, 15) is 21.6 Å². The molecule has 0 aliphatic carbocycles. The fourth-order valence-corrected chi connectivity index (χ4v) is 3.28. The van der Waals surface area contributed by atoms with E-state index < -0.39 is 22.6 Å². The first-order valence-corrected chi connectivity index (χ1v) is 8.77. The van der Waals surface area contributed by atoms with E-state index in [1.54, 1.807) is 6.92 Å². The van der Waals surface area contributed by atoms with Gasteiger partial charge in [0, 0.05) is 11.8 Å². The van der Waals surface area contributed by atoms with E-state index in [2.05, 4.69) is 5.32 Å². The van der Waals surface area contributed by atoms with Gasteiger partial charge < -0.3 is 5.32 Å². The Labute approximate surface area is 118 Å². The highest BCUT2D eigenvalue weighted by molar-refractivity contribution is 7.91. The summed E-state index contributed by atoms with van der Waals surface area (Å²) in [5.41, 5.74) is 0. The third kappa shape index (κ3) is 6.90. The molecule has 1 saturated heterocycles. The Morgan fingerprint density at radius 1 is 1.25 bits per heavy atom. The second-order valence-electron chi connectivity index (χ2n) is 5.16. The van der Waals surface area contributed by atoms with Crippen LogP contribution in [0.3, 0.4) is 0 Å². The van der Waals surface area contributed by atoms with E-state index in [1.165, 1.54) is 4.90 Å². The van der Waals surface area contributed by atoms with E-state index in [-0.39, 0.29) is 30.5 Å². The van der Waals surface area contributed by atoms with Crippen molar-refractivity contribution in [1.82, 2.24) is 10.2 Å². The second-order valence-corrected chi connectivity index (χ2v) is 7.63. The van der Waals surface area contributed by atoms with Crippen molar-refractivity contribution >= 4 is 9.84 Å². The zero-order valence-electron chi connectivity index (χ0n) is 11.7. The molecule has 0 aromatic heterocycles. The van der Waals surface area contributed by atoms with Crippen molar-refractivity contribution in [2.24, 2.45) is 0 Å². The SMILES string of the molecule is CCS(=O)(=O)CCCN(CC(F)(F)F)C1CCNCC1. The Morgan fingerprint density at radius 3 is 2.35 bits per heavy atom. The minimum atomic E-state index is -4.24. The molecular weight excluding hydrogens is 293 g/mol. The molecule has 1 fully saturated rings. The molecule has 8 heteroatoms. The van der Waals surface area contributed by atoms with Gasteiger partial charge in [-0.15, -0.1) is 0 Å². The highest BCUT2D eigenvalue weighted by atomic mass is 32.2. The average molecular weight is 316 g/mol. The molecule has 120 valence electrons. The molecule has 20 heavy (non-hydrogen) atoms. The summed E-state index contributed by atoms with van der Waals surface area (Å²) in [6.07, 6.45) is -2.63. The van der Waals surface area contributed by atoms with Crippen LogP contribution >= 0.6 is 0 Å². The van der Waals surface area contributed by atoms with Crippen molar-refractivity contribution < 1.29 is 21.6 Å². The lowest BCUT2D eigenvalue weighted by Crippen LogP contribution is -2.47. The van der Waals surface area contributed by atoms with Crippen LogP contribution in [-0.4, -0.2) is 63.2 Å². The Hall–Kier alpha value is -0.340. The number of hydrogen-bond acceptors (Lipinski definition) is 4. The van der Waals surface area contributed by atoms with Gasteiger partial charge in [-0.1, -0.05) is 6.92 Å². The Bertz CT molecular complexity index is 379. The summed E-state index contributed by atoms with van der Waals surface area (Å²) >= 11 is 0. The number of alkyl halides is 3. The summed E-state index contributed by atoms with van der Waals surface area (Å²) < 4.78 is 60.6. The van der Waals surface area contributed by atoms with E-state index in [0.717, 1.165) is 0 Å². The number of nitrogens with zero attached hydrogens (tertiary/aromatic N) is 1. The highest BCUT2D eigenvalue weighted by Gasteiger charge is 2.34. The van der Waals surface area contributed by atoms with Gasteiger partial charge in [0.1, 0.15) is 9.84 Å². The van der Waals surface area contributed by atoms with E-state index >= 15 is 0 Å². The Kier molecular flexibility index (Phi) is 6.74. The molecule has 0 saturated carbocycles. The molecule has 1 rings (SSSR count). The minimum Gasteiger partial charge on any atom is -0.317 e. The van der Waals surface area contributed by atoms with Crippen LogP contribution in [0, 0.1) is 0 Å². The molecule has 4 nitrogen and oxygen atoms in total. The fraction of sp³-hybridized carbons (Fsp3) is 1.00. The first kappa shape index (κ1) is 17.7. The predicted octanol–water partition coefficient (Wildman–Crippen LogP) is 1.43. The van der Waals surface area contributed by atoms with Crippen LogP contribution in [0.1, 0.15) is 26.2 Å². The number of halogens is 3. The maximum absolute atomic E-state index is 12.6. The molecule has 0 atom stereocenters. The number of rotatable bonds is 7. The Balaban J connectivity index is 2.53. The Morgan fingerprint density at radius 2 is 1.85 bits per heavy atom. The predicted molar refractivity (Wildman–Crippen MR) is 72.5 cm³/mol. The molecule has 1 heterocycles. The summed E-state index contributed by atoms with van der Waals surface area (Å²) in [4.78, 5) is 1.39. The van der Waals surface area contributed by atoms with Crippen molar-refractivity contribution in [1.29, 1.82) is 0 Å². The molecule has 1 N–H and O–H groups in total. The monoisotopic (exact) mass is 316 g/mol. The quantitative estimate of drug-likeness (QED) is 0.772. The van der Waals surface area contributed by atoms with E-state index in [4.69, 9.17) is 0 Å². The summed E-state index contributed by atoms with van der Waals surface area (Å²) in [7, 11) is -3.11. The van der Waals surface area contributed by atoms with Gasteiger partial charge in [0.2, 0.25) is 0 Å². The van der Waals surface area contributed by atoms with Gasteiger partial charge in [0.15, 0.2) is 0 Å². The molecular formula is C12H23F3N2O2S. The molecule has 1 aliphatic rings. The molecule has 0 aromatic carbocycles. The van der Waals surface area contributed by atoms with Crippen LogP contribution < -0.4 is 5.32 Å². The van der Waals surface area contributed by atoms with Crippen molar-refractivity contribution in [3.63, 3.8) is 0 Å². The minimum absolute atomic E-state index is 0.0389. The molecule has 0 amide bonds. The average Bonchev–Trinajstić information content (AvgIpc) is 2.37. The van der Waals surface area contributed by atoms with Gasteiger partial charge >= 0.3 is 6.18 Å². The topological polar surface area (TPSA) is 49.4 Å². The van der Waals surface area contributed by atoms with Gasteiger partial charge in [-0.2, -0.15) is 13.2 Å². The lowest BCUT2D eigenvalue weighted by atomic mass is 10.0. The van der Waals surface area contributed by atoms with Gasteiger partial charge in [-0.25, -0.2) is 8.42 Å². The number of piperidine rings is 1. The van der Waals surface area contributed by atoms with Crippen LogP contribution in [0.4, 0.5) is 13.2 Å². The lowest BCUT2D eigenvalue weighted by molar-refractivity contribution is -0.151. The van der Waals surface area contributed by atoms with Crippen LogP contribution in [0.2, 0.25) is 0 Å². The molecule has 0 radical (unpaired) electrons. The molecule has 1 aliphatic heterocycles. The van der Waals surface area contributed by atoms with Crippen molar-refractivity contribution in [2.75, 3.05) is 37.7 Å². The maximum Gasteiger partial charge on any atom is 0.401 e. The normalized spacial score (nSPS) is 18.6. The van der Waals surface area contributed by atoms with Gasteiger partial charge in [0.25, 0.3) is 0 Å². The van der Waals surface area contributed by atoms with Crippen LogP contribution in [-0.2, 0) is 9.84 Å². The van der Waals surface area contributed by atoms with Crippen LogP contribution in [0.25, 0.3) is 0 Å². The highest BCUT2D eigenvalue weighted by Crippen LogP contribution is 2.21. The molecule has 0 bridgehead atoms. The summed E-state index contributed by atoms with van der Waals surface area (Å²) in [6, 6.07) is -0.109. The van der Waals surface area contributed by atoms with Crippen molar-refractivity contribution in [3.8, 4) is 0 Å². The number of hydrogen-bond donors (Lipinski definition) is 1. The number of nitrogens with one attached hydrogen (secondary N) is 1. The molecule has 0 spiro atoms.